The largest absolute Gasteiger partial charge is 0.335 e. The number of aryl methyl sites for hydroxylation is 3. The van der Waals surface area contributed by atoms with Crippen LogP contribution in [0.5, 0.6) is 0 Å². The average molecular weight is 226 g/mol. The van der Waals surface area contributed by atoms with Crippen LogP contribution in [-0.4, -0.2) is 19.3 Å². The van der Waals surface area contributed by atoms with Crippen LogP contribution in [0.3, 0.4) is 0 Å². The van der Waals surface area contributed by atoms with Gasteiger partial charge in [-0.2, -0.15) is 5.10 Å². The Bertz CT molecular complexity index is 691. The topological polar surface area (TPSA) is 35.6 Å². The summed E-state index contributed by atoms with van der Waals surface area (Å²) in [7, 11) is 3.95. The van der Waals surface area contributed by atoms with E-state index in [9.17, 15) is 0 Å². The third-order valence-corrected chi connectivity index (χ3v) is 2.97. The molecule has 0 saturated carbocycles. The fraction of sp³-hybridized carbons (Fsp3) is 0.231. The molecule has 0 bridgehead atoms. The van der Waals surface area contributed by atoms with Gasteiger partial charge in [0.15, 0.2) is 0 Å². The van der Waals surface area contributed by atoms with Gasteiger partial charge in [-0.1, -0.05) is 0 Å². The molecule has 17 heavy (non-hydrogen) atoms. The van der Waals surface area contributed by atoms with Gasteiger partial charge in [0.1, 0.15) is 5.65 Å². The molecule has 0 unspecified atom stereocenters. The number of pyridine rings is 1. The molecule has 0 saturated heterocycles. The molecule has 3 aromatic rings. The monoisotopic (exact) mass is 226 g/mol. The molecule has 0 amide bonds. The molecular weight excluding hydrogens is 212 g/mol. The highest BCUT2D eigenvalue weighted by atomic mass is 15.2. The Balaban J connectivity index is 2.33. The van der Waals surface area contributed by atoms with Crippen LogP contribution in [-0.2, 0) is 14.1 Å². The standard InChI is InChI=1S/C13H14N4/c1-9-4-11-12(10-6-15-17(3)7-10)8-16(2)13(11)14-5-9/h4-8H,1-3H3. The maximum absolute atomic E-state index is 4.47. The maximum Gasteiger partial charge on any atom is 0.140 e. The minimum absolute atomic E-state index is 1.01. The summed E-state index contributed by atoms with van der Waals surface area (Å²) in [6.07, 6.45) is 7.91. The summed E-state index contributed by atoms with van der Waals surface area (Å²) in [5.74, 6) is 0. The minimum Gasteiger partial charge on any atom is -0.335 e. The summed E-state index contributed by atoms with van der Waals surface area (Å²) in [4.78, 5) is 4.47. The average Bonchev–Trinajstić information content (AvgIpc) is 2.83. The Morgan fingerprint density at radius 2 is 1.94 bits per heavy atom. The van der Waals surface area contributed by atoms with Gasteiger partial charge in [0.05, 0.1) is 6.20 Å². The molecule has 4 heteroatoms. The zero-order chi connectivity index (χ0) is 12.0. The number of nitrogens with zero attached hydrogens (tertiary/aromatic N) is 4. The molecule has 0 radical (unpaired) electrons. The van der Waals surface area contributed by atoms with E-state index >= 15 is 0 Å². The second-order valence-corrected chi connectivity index (χ2v) is 4.44. The minimum atomic E-state index is 1.01. The van der Waals surface area contributed by atoms with Crippen LogP contribution in [0.4, 0.5) is 0 Å². The van der Waals surface area contributed by atoms with Crippen LogP contribution in [0.25, 0.3) is 22.2 Å². The van der Waals surface area contributed by atoms with Crippen molar-refractivity contribution in [1.82, 2.24) is 19.3 Å². The van der Waals surface area contributed by atoms with Gasteiger partial charge < -0.3 is 4.57 Å². The van der Waals surface area contributed by atoms with Crippen molar-refractivity contribution in [3.63, 3.8) is 0 Å². The van der Waals surface area contributed by atoms with Crippen molar-refractivity contribution in [3.05, 3.63) is 36.4 Å². The molecule has 0 spiro atoms. The predicted octanol–water partition coefficient (Wildman–Crippen LogP) is 2.28. The Morgan fingerprint density at radius 1 is 1.12 bits per heavy atom. The van der Waals surface area contributed by atoms with Crippen molar-refractivity contribution in [2.24, 2.45) is 14.1 Å². The van der Waals surface area contributed by atoms with Crippen LogP contribution >= 0.6 is 0 Å². The van der Waals surface area contributed by atoms with E-state index in [1.165, 1.54) is 16.5 Å². The van der Waals surface area contributed by atoms with Gasteiger partial charge in [0.25, 0.3) is 0 Å². The highest BCUT2D eigenvalue weighted by Gasteiger charge is 2.10. The van der Waals surface area contributed by atoms with Gasteiger partial charge in [-0.05, 0) is 18.6 Å². The first-order valence-corrected chi connectivity index (χ1v) is 5.56. The van der Waals surface area contributed by atoms with Gasteiger partial charge in [-0.15, -0.1) is 0 Å². The molecule has 0 aliphatic carbocycles. The van der Waals surface area contributed by atoms with Crippen molar-refractivity contribution in [2.75, 3.05) is 0 Å². The van der Waals surface area contributed by atoms with E-state index in [2.05, 4.69) is 33.8 Å². The molecule has 0 aliphatic heterocycles. The molecule has 3 heterocycles. The van der Waals surface area contributed by atoms with Gasteiger partial charge >= 0.3 is 0 Å². The second-order valence-electron chi connectivity index (χ2n) is 4.44. The molecule has 3 aromatic heterocycles. The van der Waals surface area contributed by atoms with Crippen LogP contribution < -0.4 is 0 Å². The summed E-state index contributed by atoms with van der Waals surface area (Å²) in [5, 5.41) is 5.40. The molecule has 86 valence electrons. The maximum atomic E-state index is 4.47. The Hall–Kier alpha value is -2.10. The molecule has 3 rings (SSSR count). The molecule has 0 aliphatic rings. The van der Waals surface area contributed by atoms with Gasteiger partial charge in [-0.3, -0.25) is 4.68 Å². The van der Waals surface area contributed by atoms with Crippen molar-refractivity contribution in [1.29, 1.82) is 0 Å². The fourth-order valence-electron chi connectivity index (χ4n) is 2.16. The first kappa shape index (κ1) is 10.1. The molecule has 0 fully saturated rings. The zero-order valence-corrected chi connectivity index (χ0v) is 10.2. The van der Waals surface area contributed by atoms with E-state index in [1.54, 1.807) is 0 Å². The Labute approximate surface area is 99.5 Å². The molecule has 0 aromatic carbocycles. The summed E-state index contributed by atoms with van der Waals surface area (Å²) < 4.78 is 3.87. The first-order valence-electron chi connectivity index (χ1n) is 5.56. The van der Waals surface area contributed by atoms with Crippen LogP contribution in [0.1, 0.15) is 5.56 Å². The van der Waals surface area contributed by atoms with E-state index < -0.39 is 0 Å². The van der Waals surface area contributed by atoms with Gasteiger partial charge in [-0.25, -0.2) is 4.98 Å². The first-order chi connectivity index (χ1) is 8.15. The van der Waals surface area contributed by atoms with Gasteiger partial charge in [0, 0.05) is 49.2 Å². The van der Waals surface area contributed by atoms with Crippen molar-refractivity contribution in [3.8, 4) is 11.1 Å². The fourth-order valence-corrected chi connectivity index (χ4v) is 2.16. The predicted molar refractivity (Wildman–Crippen MR) is 67.7 cm³/mol. The van der Waals surface area contributed by atoms with E-state index in [0.717, 1.165) is 11.2 Å². The molecule has 4 nitrogen and oxygen atoms in total. The van der Waals surface area contributed by atoms with E-state index in [4.69, 9.17) is 0 Å². The van der Waals surface area contributed by atoms with E-state index in [0.29, 0.717) is 0 Å². The number of hydrogen-bond acceptors (Lipinski definition) is 2. The second kappa shape index (κ2) is 3.45. The third-order valence-electron chi connectivity index (χ3n) is 2.97. The molecular formula is C13H14N4. The lowest BCUT2D eigenvalue weighted by atomic mass is 10.1. The van der Waals surface area contributed by atoms with Crippen molar-refractivity contribution >= 4 is 11.0 Å². The van der Waals surface area contributed by atoms with Crippen molar-refractivity contribution in [2.45, 2.75) is 6.92 Å². The highest BCUT2D eigenvalue weighted by Crippen LogP contribution is 2.29. The highest BCUT2D eigenvalue weighted by molar-refractivity contribution is 5.94. The smallest absolute Gasteiger partial charge is 0.140 e. The number of rotatable bonds is 1. The van der Waals surface area contributed by atoms with E-state index in [1.807, 2.05) is 37.4 Å². The van der Waals surface area contributed by atoms with Crippen LogP contribution in [0, 0.1) is 6.92 Å². The van der Waals surface area contributed by atoms with E-state index in [-0.39, 0.29) is 0 Å². The van der Waals surface area contributed by atoms with Crippen LogP contribution in [0.15, 0.2) is 30.9 Å². The van der Waals surface area contributed by atoms with Crippen LogP contribution in [0.2, 0.25) is 0 Å². The summed E-state index contributed by atoms with van der Waals surface area (Å²) in [6.45, 7) is 2.06. The SMILES string of the molecule is Cc1cnc2c(c1)c(-c1cnn(C)c1)cn2C. The third kappa shape index (κ3) is 1.53. The lowest BCUT2D eigenvalue weighted by molar-refractivity contribution is 0.768. The molecule has 0 atom stereocenters. The molecule has 0 N–H and O–H groups in total. The lowest BCUT2D eigenvalue weighted by Gasteiger charge is -1.96. The summed E-state index contributed by atoms with van der Waals surface area (Å²) in [5.41, 5.74) is 4.50. The lowest BCUT2D eigenvalue weighted by Crippen LogP contribution is -1.87. The number of aromatic nitrogens is 4. The Morgan fingerprint density at radius 3 is 2.65 bits per heavy atom. The normalized spacial score (nSPS) is 11.2. The number of hydrogen-bond donors (Lipinski definition) is 0. The summed E-state index contributed by atoms with van der Waals surface area (Å²) >= 11 is 0. The number of fused-ring (bicyclic) bond motifs is 1. The summed E-state index contributed by atoms with van der Waals surface area (Å²) in [6, 6.07) is 2.17. The van der Waals surface area contributed by atoms with Crippen molar-refractivity contribution < 1.29 is 0 Å². The quantitative estimate of drug-likeness (QED) is 0.638. The zero-order valence-electron chi connectivity index (χ0n) is 10.2. The van der Waals surface area contributed by atoms with Gasteiger partial charge in [0.2, 0.25) is 0 Å². The Kier molecular flexibility index (Phi) is 2.04.